The molecule has 188 valence electrons. The Morgan fingerprint density at radius 3 is 2.59 bits per heavy atom. The van der Waals surface area contributed by atoms with E-state index in [1.54, 1.807) is 0 Å². The first-order valence-electron chi connectivity index (χ1n) is 12.8. The van der Waals surface area contributed by atoms with Crippen molar-refractivity contribution in [2.45, 2.75) is 45.9 Å². The van der Waals surface area contributed by atoms with Gasteiger partial charge in [-0.2, -0.15) is 0 Å². The smallest absolute Gasteiger partial charge is 0.340 e. The zero-order valence-corrected chi connectivity index (χ0v) is 21.2. The average Bonchev–Trinajstić information content (AvgIpc) is 2.90. The number of esters is 1. The molecular formula is C31H31N3O3. The third-order valence-electron chi connectivity index (χ3n) is 6.78. The Bertz CT molecular complexity index is 1430. The molecule has 4 aromatic rings. The molecule has 1 amide bonds. The molecule has 6 heteroatoms. The van der Waals surface area contributed by atoms with Gasteiger partial charge in [-0.3, -0.25) is 14.7 Å². The normalized spacial score (nSPS) is 14.1. The van der Waals surface area contributed by atoms with Crippen LogP contribution in [-0.4, -0.2) is 34.4 Å². The number of anilines is 1. The van der Waals surface area contributed by atoms with Crippen LogP contribution in [0.4, 0.5) is 5.69 Å². The monoisotopic (exact) mass is 493 g/mol. The van der Waals surface area contributed by atoms with Crippen LogP contribution in [0.1, 0.15) is 46.1 Å². The Kier molecular flexibility index (Phi) is 7.28. The molecule has 0 spiro atoms. The van der Waals surface area contributed by atoms with Crippen molar-refractivity contribution in [3.63, 3.8) is 0 Å². The topological polar surface area (TPSA) is 71.5 Å². The number of carbonyl (C=O) groups is 2. The summed E-state index contributed by atoms with van der Waals surface area (Å²) in [4.78, 5) is 34.0. The zero-order valence-electron chi connectivity index (χ0n) is 21.2. The SMILES string of the molecule is CCC(OC(=O)c1c2c(nc3ccccc13)CCN(Cc1ccccc1)C2)C(=O)Nc1cccc(C)c1. The quantitative estimate of drug-likeness (QED) is 0.336. The number of fused-ring (bicyclic) bond motifs is 2. The molecule has 1 aromatic heterocycles. The molecule has 0 saturated heterocycles. The van der Waals surface area contributed by atoms with E-state index < -0.39 is 12.1 Å². The minimum atomic E-state index is -0.903. The minimum Gasteiger partial charge on any atom is -0.449 e. The van der Waals surface area contributed by atoms with Crippen molar-refractivity contribution in [1.82, 2.24) is 9.88 Å². The summed E-state index contributed by atoms with van der Waals surface area (Å²) in [7, 11) is 0. The molecule has 1 N–H and O–H groups in total. The van der Waals surface area contributed by atoms with E-state index in [0.717, 1.165) is 47.2 Å². The Hall–Kier alpha value is -4.03. The predicted octanol–water partition coefficient (Wildman–Crippen LogP) is 5.68. The molecule has 2 heterocycles. The summed E-state index contributed by atoms with van der Waals surface area (Å²) in [6, 6.07) is 25.5. The lowest BCUT2D eigenvalue weighted by molar-refractivity contribution is -0.124. The van der Waals surface area contributed by atoms with E-state index in [1.807, 2.05) is 80.6 Å². The number of rotatable bonds is 7. The van der Waals surface area contributed by atoms with Crippen LogP contribution in [0.25, 0.3) is 10.9 Å². The van der Waals surface area contributed by atoms with Crippen molar-refractivity contribution in [3.8, 4) is 0 Å². The molecule has 1 aliphatic heterocycles. The summed E-state index contributed by atoms with van der Waals surface area (Å²) in [5.74, 6) is -0.818. The molecule has 0 fully saturated rings. The van der Waals surface area contributed by atoms with Crippen molar-refractivity contribution in [2.75, 3.05) is 11.9 Å². The summed E-state index contributed by atoms with van der Waals surface area (Å²) < 4.78 is 5.88. The molecule has 37 heavy (non-hydrogen) atoms. The minimum absolute atomic E-state index is 0.334. The fourth-order valence-electron chi connectivity index (χ4n) is 4.91. The highest BCUT2D eigenvalue weighted by molar-refractivity contribution is 6.06. The van der Waals surface area contributed by atoms with Gasteiger partial charge in [-0.1, -0.05) is 67.6 Å². The highest BCUT2D eigenvalue weighted by atomic mass is 16.5. The number of aromatic nitrogens is 1. The van der Waals surface area contributed by atoms with Crippen molar-refractivity contribution < 1.29 is 14.3 Å². The van der Waals surface area contributed by atoms with Crippen LogP contribution >= 0.6 is 0 Å². The van der Waals surface area contributed by atoms with Crippen LogP contribution in [0, 0.1) is 6.92 Å². The van der Waals surface area contributed by atoms with Gasteiger partial charge in [0.05, 0.1) is 11.1 Å². The van der Waals surface area contributed by atoms with Crippen LogP contribution in [0.15, 0.2) is 78.9 Å². The highest BCUT2D eigenvalue weighted by Crippen LogP contribution is 2.30. The second kappa shape index (κ2) is 10.9. The Balaban J connectivity index is 1.43. The van der Waals surface area contributed by atoms with Gasteiger partial charge in [0.25, 0.3) is 5.91 Å². The first-order chi connectivity index (χ1) is 18.0. The second-order valence-corrected chi connectivity index (χ2v) is 9.54. The van der Waals surface area contributed by atoms with Gasteiger partial charge < -0.3 is 10.1 Å². The Labute approximate surface area is 217 Å². The van der Waals surface area contributed by atoms with Crippen LogP contribution in [0.2, 0.25) is 0 Å². The zero-order chi connectivity index (χ0) is 25.8. The van der Waals surface area contributed by atoms with E-state index in [1.165, 1.54) is 5.56 Å². The third kappa shape index (κ3) is 5.54. The van der Waals surface area contributed by atoms with E-state index in [-0.39, 0.29) is 5.91 Å². The number of nitrogens with one attached hydrogen (secondary N) is 1. The van der Waals surface area contributed by atoms with E-state index >= 15 is 0 Å². The van der Waals surface area contributed by atoms with E-state index in [4.69, 9.17) is 9.72 Å². The molecule has 1 unspecified atom stereocenters. The molecule has 0 saturated carbocycles. The summed E-state index contributed by atoms with van der Waals surface area (Å²) in [6.45, 7) is 6.05. The van der Waals surface area contributed by atoms with Gasteiger partial charge in [-0.05, 0) is 42.7 Å². The van der Waals surface area contributed by atoms with Crippen LogP contribution < -0.4 is 5.32 Å². The summed E-state index contributed by atoms with van der Waals surface area (Å²) in [6.07, 6.45) is 0.215. The number of ether oxygens (including phenoxy) is 1. The van der Waals surface area contributed by atoms with Gasteiger partial charge in [0, 0.05) is 48.4 Å². The maximum absolute atomic E-state index is 13.7. The third-order valence-corrected chi connectivity index (χ3v) is 6.78. The van der Waals surface area contributed by atoms with Gasteiger partial charge in [0.15, 0.2) is 6.10 Å². The number of hydrogen-bond donors (Lipinski definition) is 1. The highest BCUT2D eigenvalue weighted by Gasteiger charge is 2.29. The molecule has 5 rings (SSSR count). The fourth-order valence-corrected chi connectivity index (χ4v) is 4.91. The van der Waals surface area contributed by atoms with Gasteiger partial charge >= 0.3 is 5.97 Å². The maximum Gasteiger partial charge on any atom is 0.340 e. The van der Waals surface area contributed by atoms with Gasteiger partial charge in [-0.15, -0.1) is 0 Å². The predicted molar refractivity (Wildman–Crippen MR) is 145 cm³/mol. The second-order valence-electron chi connectivity index (χ2n) is 9.54. The lowest BCUT2D eigenvalue weighted by Gasteiger charge is -2.30. The first kappa shape index (κ1) is 24.7. The van der Waals surface area contributed by atoms with Crippen LogP contribution in [0.3, 0.4) is 0 Å². The largest absolute Gasteiger partial charge is 0.449 e. The number of carbonyl (C=O) groups excluding carboxylic acids is 2. The number of aryl methyl sites for hydroxylation is 1. The average molecular weight is 494 g/mol. The van der Waals surface area contributed by atoms with E-state index in [2.05, 4.69) is 22.3 Å². The lowest BCUT2D eigenvalue weighted by Crippen LogP contribution is -2.34. The number of benzene rings is 3. The standard InChI is InChI=1S/C31H31N3O3/c1-3-28(30(35)32-23-13-9-10-21(2)18-23)37-31(36)29-24-14-7-8-15-26(24)33-27-16-17-34(20-25(27)29)19-22-11-5-4-6-12-22/h4-15,18,28H,3,16-17,19-20H2,1-2H3,(H,32,35). The van der Waals surface area contributed by atoms with Crippen LogP contribution in [0.5, 0.6) is 0 Å². The van der Waals surface area contributed by atoms with E-state index in [9.17, 15) is 9.59 Å². The molecule has 1 aliphatic rings. The molecule has 6 nitrogen and oxygen atoms in total. The first-order valence-corrected chi connectivity index (χ1v) is 12.8. The maximum atomic E-state index is 13.7. The number of pyridine rings is 1. The Morgan fingerprint density at radius 2 is 1.81 bits per heavy atom. The molecule has 1 atom stereocenters. The molecule has 0 radical (unpaired) electrons. The molecular weight excluding hydrogens is 462 g/mol. The van der Waals surface area contributed by atoms with Crippen molar-refractivity contribution in [3.05, 3.63) is 107 Å². The van der Waals surface area contributed by atoms with Gasteiger partial charge in [0.1, 0.15) is 0 Å². The molecule has 3 aromatic carbocycles. The summed E-state index contributed by atoms with van der Waals surface area (Å²) >= 11 is 0. The van der Waals surface area contributed by atoms with Gasteiger partial charge in [-0.25, -0.2) is 4.79 Å². The lowest BCUT2D eigenvalue weighted by atomic mass is 9.95. The number of amides is 1. The number of nitrogens with zero attached hydrogens (tertiary/aromatic N) is 2. The summed E-state index contributed by atoms with van der Waals surface area (Å²) in [5.41, 5.74) is 6.04. The van der Waals surface area contributed by atoms with Crippen molar-refractivity contribution in [2.24, 2.45) is 0 Å². The van der Waals surface area contributed by atoms with E-state index in [0.29, 0.717) is 24.2 Å². The van der Waals surface area contributed by atoms with Crippen LogP contribution in [-0.2, 0) is 29.0 Å². The number of hydrogen-bond acceptors (Lipinski definition) is 5. The fraction of sp³-hybridized carbons (Fsp3) is 0.258. The van der Waals surface area contributed by atoms with Crippen molar-refractivity contribution in [1.29, 1.82) is 0 Å². The molecule has 0 aliphatic carbocycles. The number of para-hydroxylation sites is 1. The molecule has 0 bridgehead atoms. The summed E-state index contributed by atoms with van der Waals surface area (Å²) in [5, 5.41) is 3.64. The van der Waals surface area contributed by atoms with Gasteiger partial charge in [0.2, 0.25) is 0 Å². The van der Waals surface area contributed by atoms with Crippen molar-refractivity contribution >= 4 is 28.5 Å². The Morgan fingerprint density at radius 1 is 1.03 bits per heavy atom.